The number of carboxylic acids is 1. The summed E-state index contributed by atoms with van der Waals surface area (Å²) in [5, 5.41) is 12.8. The lowest BCUT2D eigenvalue weighted by Crippen LogP contribution is -2.16. The van der Waals surface area contributed by atoms with Gasteiger partial charge in [-0.05, 0) is 37.1 Å². The van der Waals surface area contributed by atoms with Gasteiger partial charge in [0.05, 0.1) is 25.8 Å². The molecule has 0 unspecified atom stereocenters. The Kier molecular flexibility index (Phi) is 7.00. The maximum Gasteiger partial charge on any atom is 0.306 e. The molecule has 30 heavy (non-hydrogen) atoms. The van der Waals surface area contributed by atoms with Crippen molar-refractivity contribution >= 4 is 17.9 Å². The van der Waals surface area contributed by atoms with Crippen LogP contribution in [0.3, 0.4) is 0 Å². The molecule has 0 saturated heterocycles. The molecular formula is C22H25N3O5. The van der Waals surface area contributed by atoms with E-state index in [0.717, 1.165) is 36.9 Å². The van der Waals surface area contributed by atoms with Crippen LogP contribution in [0.15, 0.2) is 36.5 Å². The summed E-state index contributed by atoms with van der Waals surface area (Å²) < 4.78 is 12.2. The van der Waals surface area contributed by atoms with Gasteiger partial charge >= 0.3 is 5.97 Å². The highest BCUT2D eigenvalue weighted by atomic mass is 16.5. The molecule has 1 aliphatic carbocycles. The van der Waals surface area contributed by atoms with Crippen molar-refractivity contribution in [1.29, 1.82) is 0 Å². The quantitative estimate of drug-likeness (QED) is 0.636. The van der Waals surface area contributed by atoms with Crippen LogP contribution in [0.25, 0.3) is 16.9 Å². The summed E-state index contributed by atoms with van der Waals surface area (Å²) in [5.41, 5.74) is 2.66. The van der Waals surface area contributed by atoms with Crippen molar-refractivity contribution in [2.24, 2.45) is 5.92 Å². The minimum atomic E-state index is -0.602. The Bertz CT molecular complexity index is 1020. The lowest BCUT2D eigenvalue weighted by Gasteiger charge is -2.16. The SMILES string of the molecule is COc1ccc(-c2ccnc3cc(C=O)nn23)cc1OC.O=C(O)C1CCCCC1. The van der Waals surface area contributed by atoms with Crippen LogP contribution in [-0.4, -0.2) is 46.2 Å². The number of hydrogen-bond donors (Lipinski definition) is 1. The molecule has 0 amide bonds. The first-order valence-electron chi connectivity index (χ1n) is 9.82. The standard InChI is InChI=1S/C15H13N3O3.C7H12O2/c1-20-13-4-3-10(7-14(13)21-2)12-5-6-16-15-8-11(9-19)17-18(12)15;8-7(9)6-4-2-1-3-5-6/h3-9H,1-2H3;6H,1-5H2,(H,8,9). The first-order valence-corrected chi connectivity index (χ1v) is 9.82. The van der Waals surface area contributed by atoms with Crippen molar-refractivity contribution in [2.45, 2.75) is 32.1 Å². The Balaban J connectivity index is 0.000000239. The molecule has 0 spiro atoms. The molecule has 8 nitrogen and oxygen atoms in total. The Labute approximate surface area is 174 Å². The summed E-state index contributed by atoms with van der Waals surface area (Å²) in [6.07, 6.45) is 7.62. The van der Waals surface area contributed by atoms with Crippen LogP contribution in [0.1, 0.15) is 42.6 Å². The molecule has 0 aliphatic heterocycles. The molecule has 2 aromatic heterocycles. The summed E-state index contributed by atoms with van der Waals surface area (Å²) in [5.74, 6) is 0.650. The first-order chi connectivity index (χ1) is 14.6. The minimum Gasteiger partial charge on any atom is -0.493 e. The largest absolute Gasteiger partial charge is 0.493 e. The lowest BCUT2D eigenvalue weighted by molar-refractivity contribution is -0.142. The van der Waals surface area contributed by atoms with Crippen molar-refractivity contribution in [2.75, 3.05) is 14.2 Å². The van der Waals surface area contributed by atoms with Gasteiger partial charge in [-0.3, -0.25) is 9.59 Å². The minimum absolute atomic E-state index is 0.0289. The van der Waals surface area contributed by atoms with Crippen LogP contribution < -0.4 is 9.47 Å². The predicted octanol–water partition coefficient (Wildman–Crippen LogP) is 3.88. The number of hydrogen-bond acceptors (Lipinski definition) is 6. The van der Waals surface area contributed by atoms with E-state index in [2.05, 4.69) is 10.1 Å². The van der Waals surface area contributed by atoms with Gasteiger partial charge in [0.1, 0.15) is 5.69 Å². The fourth-order valence-electron chi connectivity index (χ4n) is 3.53. The topological polar surface area (TPSA) is 103 Å². The number of carbonyl (C=O) groups is 2. The maximum atomic E-state index is 10.9. The van der Waals surface area contributed by atoms with Crippen LogP contribution in [0.5, 0.6) is 11.5 Å². The van der Waals surface area contributed by atoms with E-state index in [1.807, 2.05) is 24.3 Å². The summed E-state index contributed by atoms with van der Waals surface area (Å²) in [4.78, 5) is 25.4. The number of aldehydes is 1. The van der Waals surface area contributed by atoms with Crippen molar-refractivity contribution in [3.8, 4) is 22.8 Å². The normalized spacial score (nSPS) is 13.9. The van der Waals surface area contributed by atoms with E-state index in [1.54, 1.807) is 31.0 Å². The van der Waals surface area contributed by atoms with Crippen molar-refractivity contribution in [3.63, 3.8) is 0 Å². The lowest BCUT2D eigenvalue weighted by atomic mass is 9.90. The molecule has 0 atom stereocenters. The Morgan fingerprint density at radius 2 is 1.83 bits per heavy atom. The summed E-state index contributed by atoms with van der Waals surface area (Å²) in [7, 11) is 3.17. The number of benzene rings is 1. The van der Waals surface area contributed by atoms with E-state index in [1.165, 1.54) is 6.42 Å². The molecular weight excluding hydrogens is 386 g/mol. The Hall–Kier alpha value is -3.42. The van der Waals surface area contributed by atoms with E-state index >= 15 is 0 Å². The zero-order valence-corrected chi connectivity index (χ0v) is 17.1. The predicted molar refractivity (Wildman–Crippen MR) is 111 cm³/mol. The molecule has 3 aromatic rings. The van der Waals surface area contributed by atoms with Crippen LogP contribution in [0.2, 0.25) is 0 Å². The fraction of sp³-hybridized carbons (Fsp3) is 0.364. The van der Waals surface area contributed by atoms with Gasteiger partial charge in [0.15, 0.2) is 23.4 Å². The zero-order valence-electron chi connectivity index (χ0n) is 17.1. The third kappa shape index (κ3) is 4.76. The molecule has 1 fully saturated rings. The second-order valence-corrected chi connectivity index (χ2v) is 7.03. The molecule has 0 bridgehead atoms. The number of methoxy groups -OCH3 is 2. The third-order valence-electron chi connectivity index (χ3n) is 5.13. The average molecular weight is 411 g/mol. The van der Waals surface area contributed by atoms with Crippen molar-refractivity contribution in [1.82, 2.24) is 14.6 Å². The Morgan fingerprint density at radius 1 is 1.10 bits per heavy atom. The number of fused-ring (bicyclic) bond motifs is 1. The molecule has 1 N–H and O–H groups in total. The highest BCUT2D eigenvalue weighted by Gasteiger charge is 2.19. The number of carbonyl (C=O) groups excluding carboxylic acids is 1. The first kappa shape index (κ1) is 21.3. The van der Waals surface area contributed by atoms with E-state index in [4.69, 9.17) is 14.6 Å². The maximum absolute atomic E-state index is 10.9. The van der Waals surface area contributed by atoms with Crippen LogP contribution in [-0.2, 0) is 4.79 Å². The second kappa shape index (κ2) is 9.87. The fourth-order valence-corrected chi connectivity index (χ4v) is 3.53. The highest BCUT2D eigenvalue weighted by molar-refractivity contribution is 5.75. The molecule has 1 aliphatic rings. The second-order valence-electron chi connectivity index (χ2n) is 7.03. The van der Waals surface area contributed by atoms with Gasteiger partial charge in [0.2, 0.25) is 0 Å². The monoisotopic (exact) mass is 411 g/mol. The smallest absolute Gasteiger partial charge is 0.306 e. The zero-order chi connectivity index (χ0) is 21.5. The third-order valence-corrected chi connectivity index (χ3v) is 5.13. The van der Waals surface area contributed by atoms with E-state index < -0.39 is 5.97 Å². The number of carboxylic acid groups (broad SMARTS) is 1. The summed E-state index contributed by atoms with van der Waals surface area (Å²) in [6, 6.07) is 9.05. The molecule has 4 rings (SSSR count). The molecule has 0 radical (unpaired) electrons. The van der Waals surface area contributed by atoms with Gasteiger partial charge in [-0.2, -0.15) is 5.10 Å². The number of rotatable bonds is 5. The molecule has 1 saturated carbocycles. The van der Waals surface area contributed by atoms with Crippen LogP contribution >= 0.6 is 0 Å². The van der Waals surface area contributed by atoms with Gasteiger partial charge in [-0.1, -0.05) is 19.3 Å². The summed E-state index contributed by atoms with van der Waals surface area (Å²) in [6.45, 7) is 0. The van der Waals surface area contributed by atoms with Crippen molar-refractivity contribution in [3.05, 3.63) is 42.2 Å². The average Bonchev–Trinajstić information content (AvgIpc) is 3.23. The van der Waals surface area contributed by atoms with Gasteiger partial charge in [0.25, 0.3) is 0 Å². The number of aromatic nitrogens is 3. The van der Waals surface area contributed by atoms with Crippen LogP contribution in [0.4, 0.5) is 0 Å². The van der Waals surface area contributed by atoms with E-state index in [-0.39, 0.29) is 5.92 Å². The van der Waals surface area contributed by atoms with E-state index in [0.29, 0.717) is 29.1 Å². The number of aliphatic carboxylic acids is 1. The molecule has 2 heterocycles. The molecule has 1 aromatic carbocycles. The number of nitrogens with zero attached hydrogens (tertiary/aromatic N) is 3. The van der Waals surface area contributed by atoms with Gasteiger partial charge in [0, 0.05) is 17.8 Å². The van der Waals surface area contributed by atoms with Gasteiger partial charge in [-0.15, -0.1) is 0 Å². The summed E-state index contributed by atoms with van der Waals surface area (Å²) >= 11 is 0. The van der Waals surface area contributed by atoms with Crippen molar-refractivity contribution < 1.29 is 24.2 Å². The van der Waals surface area contributed by atoms with E-state index in [9.17, 15) is 9.59 Å². The van der Waals surface area contributed by atoms with Crippen LogP contribution in [0, 0.1) is 5.92 Å². The Morgan fingerprint density at radius 3 is 2.43 bits per heavy atom. The number of ether oxygens (including phenoxy) is 2. The van der Waals surface area contributed by atoms with Gasteiger partial charge in [-0.25, -0.2) is 9.50 Å². The molecule has 158 valence electrons. The highest BCUT2D eigenvalue weighted by Crippen LogP contribution is 2.32. The molecule has 8 heteroatoms. The van der Waals surface area contributed by atoms with Gasteiger partial charge < -0.3 is 14.6 Å².